The van der Waals surface area contributed by atoms with Gasteiger partial charge in [-0.2, -0.15) is 8.75 Å². The van der Waals surface area contributed by atoms with E-state index in [1.165, 1.54) is 24.0 Å². The summed E-state index contributed by atoms with van der Waals surface area (Å²) in [7, 11) is 2.38. The molecule has 59 heavy (non-hydrogen) atoms. The molecule has 2 aliphatic heterocycles. The molecule has 0 radical (unpaired) electrons. The Labute approximate surface area is 344 Å². The number of carbonyl (C=O) groups excluding carboxylic acids is 8. The summed E-state index contributed by atoms with van der Waals surface area (Å²) in [6, 6.07) is 6.09. The molecule has 0 spiro atoms. The zero-order chi connectivity index (χ0) is 43.0. The van der Waals surface area contributed by atoms with E-state index in [-0.39, 0.29) is 29.5 Å². The third-order valence-corrected chi connectivity index (χ3v) is 10.9. The summed E-state index contributed by atoms with van der Waals surface area (Å²) >= 11 is 0.894. The minimum Gasteiger partial charge on any atom is -0.456 e. The Morgan fingerprint density at radius 1 is 0.678 bits per heavy atom. The van der Waals surface area contributed by atoms with Crippen LogP contribution in [-0.2, 0) is 38.1 Å². The molecule has 4 atom stereocenters. The van der Waals surface area contributed by atoms with Crippen LogP contribution in [0.15, 0.2) is 36.4 Å². The summed E-state index contributed by atoms with van der Waals surface area (Å²) in [6.07, 6.45) is 0.252. The van der Waals surface area contributed by atoms with Gasteiger partial charge in [-0.15, -0.1) is 0 Å². The predicted molar refractivity (Wildman–Crippen MR) is 211 cm³/mol. The van der Waals surface area contributed by atoms with Gasteiger partial charge in [-0.3, -0.25) is 19.2 Å². The summed E-state index contributed by atoms with van der Waals surface area (Å²) in [4.78, 5) is 106. The van der Waals surface area contributed by atoms with Crippen molar-refractivity contribution in [3.8, 4) is 11.1 Å². The molecular formula is C40H48N6O12S. The van der Waals surface area contributed by atoms with Crippen LogP contribution in [0, 0.1) is 11.8 Å². The fourth-order valence-corrected chi connectivity index (χ4v) is 7.67. The lowest BCUT2D eigenvalue weighted by Gasteiger charge is -2.29. The first kappa shape index (κ1) is 44.1. The smallest absolute Gasteiger partial charge is 0.407 e. The van der Waals surface area contributed by atoms with E-state index in [2.05, 4.69) is 28.9 Å². The minimum absolute atomic E-state index is 0.183. The van der Waals surface area contributed by atoms with Crippen molar-refractivity contribution < 1.29 is 57.3 Å². The van der Waals surface area contributed by atoms with Gasteiger partial charge < -0.3 is 39.4 Å². The Morgan fingerprint density at radius 2 is 1.15 bits per heavy atom. The number of aromatic nitrogens is 2. The summed E-state index contributed by atoms with van der Waals surface area (Å²) < 4.78 is 28.8. The quantitative estimate of drug-likeness (QED) is 0.127. The molecule has 316 valence electrons. The first-order valence-corrected chi connectivity index (χ1v) is 19.9. The normalized spacial score (nSPS) is 17.4. The first-order valence-electron chi connectivity index (χ1n) is 19.2. The third kappa shape index (κ3) is 10.2. The lowest BCUT2D eigenvalue weighted by molar-refractivity contribution is -0.153. The molecule has 18 nitrogen and oxygen atoms in total. The zero-order valence-corrected chi connectivity index (χ0v) is 34.5. The molecule has 0 saturated carbocycles. The van der Waals surface area contributed by atoms with Gasteiger partial charge in [0.05, 0.1) is 31.5 Å². The van der Waals surface area contributed by atoms with Gasteiger partial charge in [0.1, 0.15) is 35.2 Å². The molecule has 2 aliphatic rings. The molecule has 4 unspecified atom stereocenters. The number of hydrogen-bond donors (Lipinski definition) is 2. The monoisotopic (exact) mass is 836 g/mol. The first-order chi connectivity index (χ1) is 28.2. The molecule has 1 aromatic heterocycles. The predicted octanol–water partition coefficient (Wildman–Crippen LogP) is 3.55. The number of benzene rings is 2. The topological polar surface area (TPSA) is 230 Å². The molecule has 2 aromatic carbocycles. The highest BCUT2D eigenvalue weighted by Gasteiger charge is 2.41. The number of rotatable bonds is 15. The molecule has 19 heteroatoms. The van der Waals surface area contributed by atoms with Crippen molar-refractivity contribution in [1.29, 1.82) is 0 Å². The van der Waals surface area contributed by atoms with E-state index in [1.54, 1.807) is 64.1 Å². The average molecular weight is 837 g/mol. The number of Topliss-reactive ketones (excluding diaryl/α,β-unsaturated/α-hetero) is 2. The number of hydrogen-bond acceptors (Lipinski definition) is 15. The number of carbonyl (C=O) groups is 8. The molecule has 5 rings (SSSR count). The van der Waals surface area contributed by atoms with Crippen molar-refractivity contribution in [2.24, 2.45) is 11.8 Å². The number of nitrogens with one attached hydrogen (secondary N) is 2. The molecule has 2 N–H and O–H groups in total. The highest BCUT2D eigenvalue weighted by atomic mass is 32.1. The summed E-state index contributed by atoms with van der Waals surface area (Å²) in [5.74, 6) is -3.89. The Hall–Kier alpha value is -5.98. The van der Waals surface area contributed by atoms with Crippen molar-refractivity contribution >= 4 is 70.3 Å². The van der Waals surface area contributed by atoms with Crippen molar-refractivity contribution in [3.63, 3.8) is 0 Å². The van der Waals surface area contributed by atoms with Crippen LogP contribution in [0.25, 0.3) is 22.2 Å². The fraction of sp³-hybridized carbons (Fsp3) is 0.500. The number of alkyl carbamates (subject to hydrolysis) is 2. The van der Waals surface area contributed by atoms with E-state index in [9.17, 15) is 38.4 Å². The second kappa shape index (κ2) is 19.6. The fourth-order valence-electron chi connectivity index (χ4n) is 7.09. The van der Waals surface area contributed by atoms with Gasteiger partial charge in [0.25, 0.3) is 0 Å². The molecule has 2 fully saturated rings. The van der Waals surface area contributed by atoms with E-state index in [0.717, 1.165) is 11.7 Å². The molecule has 3 aromatic rings. The maximum atomic E-state index is 13.4. The van der Waals surface area contributed by atoms with Crippen LogP contribution < -0.4 is 10.6 Å². The Kier molecular flexibility index (Phi) is 14.7. The van der Waals surface area contributed by atoms with E-state index >= 15 is 0 Å². The number of amides is 4. The van der Waals surface area contributed by atoms with Gasteiger partial charge in [0.15, 0.2) is 19.0 Å². The molecular weight excluding hydrogens is 789 g/mol. The Morgan fingerprint density at radius 3 is 1.63 bits per heavy atom. The Bertz CT molecular complexity index is 2090. The summed E-state index contributed by atoms with van der Waals surface area (Å²) in [5, 5.41) is 5.04. The number of likely N-dealkylation sites (tertiary alicyclic amines) is 2. The molecule has 4 amide bonds. The SMILES string of the molecule is COC(=O)NC(C(=O)N1CCCC1C(=O)OCC(=O)c1ccc(-c2ccc(C(=O)COC(=O)C3CCCN3C(=O)C(NC(=O)OC)C(C)C)c3nsnc23)cc1)C(C)C. The third-order valence-electron chi connectivity index (χ3n) is 10.3. The van der Waals surface area contributed by atoms with Gasteiger partial charge in [0.2, 0.25) is 17.6 Å². The molecule has 0 aliphatic carbocycles. The van der Waals surface area contributed by atoms with Crippen LogP contribution in [0.5, 0.6) is 0 Å². The zero-order valence-electron chi connectivity index (χ0n) is 33.7. The lowest BCUT2D eigenvalue weighted by Crippen LogP contribution is -2.54. The summed E-state index contributed by atoms with van der Waals surface area (Å²) in [6.45, 7) is 6.48. The van der Waals surface area contributed by atoms with Crippen molar-refractivity contribution in [2.45, 2.75) is 77.5 Å². The van der Waals surface area contributed by atoms with Crippen molar-refractivity contribution in [2.75, 3.05) is 40.5 Å². The number of methoxy groups -OCH3 is 2. The second-order valence-electron chi connectivity index (χ2n) is 14.9. The Balaban J connectivity index is 1.19. The number of ether oxygens (including phenoxy) is 4. The maximum Gasteiger partial charge on any atom is 0.407 e. The van der Waals surface area contributed by atoms with E-state index in [0.29, 0.717) is 54.4 Å². The minimum atomic E-state index is -0.921. The van der Waals surface area contributed by atoms with E-state index in [1.807, 2.05) is 0 Å². The van der Waals surface area contributed by atoms with Crippen LogP contribution in [0.3, 0.4) is 0 Å². The van der Waals surface area contributed by atoms with E-state index in [4.69, 9.17) is 9.47 Å². The van der Waals surface area contributed by atoms with Crippen LogP contribution in [0.2, 0.25) is 0 Å². The number of fused-ring (bicyclic) bond motifs is 1. The van der Waals surface area contributed by atoms with Crippen LogP contribution in [0.1, 0.15) is 74.1 Å². The average Bonchev–Trinajstić information content (AvgIpc) is 4.04. The lowest BCUT2D eigenvalue weighted by atomic mass is 9.98. The highest BCUT2D eigenvalue weighted by molar-refractivity contribution is 7.00. The molecule has 3 heterocycles. The highest BCUT2D eigenvalue weighted by Crippen LogP contribution is 2.31. The van der Waals surface area contributed by atoms with Gasteiger partial charge >= 0.3 is 24.1 Å². The van der Waals surface area contributed by atoms with Gasteiger partial charge in [-0.1, -0.05) is 58.0 Å². The van der Waals surface area contributed by atoms with Crippen LogP contribution in [-0.4, -0.2) is 131 Å². The molecule has 0 bridgehead atoms. The van der Waals surface area contributed by atoms with Gasteiger partial charge in [-0.25, -0.2) is 19.2 Å². The van der Waals surface area contributed by atoms with Crippen LogP contribution in [0.4, 0.5) is 9.59 Å². The van der Waals surface area contributed by atoms with Gasteiger partial charge in [0, 0.05) is 24.2 Å². The van der Waals surface area contributed by atoms with Crippen molar-refractivity contribution in [1.82, 2.24) is 29.2 Å². The standard InChI is InChI=1S/C40H48N6O12S/c1-21(2)31(41-39(53)55-5)35(49)45-17-7-9-27(45)37(51)57-19-29(47)24-13-11-23(12-14-24)25-15-16-26(34-33(25)43-59-44-34)30(48)20-58-38(52)28-10-8-18-46(28)36(50)32(22(3)4)42-40(54)56-6/h11-16,21-22,27-28,31-32H,7-10,17-20H2,1-6H3,(H,41,53)(H,42,54). The number of ketones is 2. The van der Waals surface area contributed by atoms with E-state index < -0.39 is 84.9 Å². The second-order valence-corrected chi connectivity index (χ2v) is 15.4. The largest absolute Gasteiger partial charge is 0.456 e. The van der Waals surface area contributed by atoms with Crippen molar-refractivity contribution in [3.05, 3.63) is 47.5 Å². The number of esters is 2. The van der Waals surface area contributed by atoms with Crippen LogP contribution >= 0.6 is 11.7 Å². The number of nitrogens with zero attached hydrogens (tertiary/aromatic N) is 4. The molecule has 2 saturated heterocycles. The van der Waals surface area contributed by atoms with Gasteiger partial charge in [-0.05, 0) is 49.1 Å². The summed E-state index contributed by atoms with van der Waals surface area (Å²) in [5.41, 5.74) is 2.46. The maximum absolute atomic E-state index is 13.4.